The van der Waals surface area contributed by atoms with Crippen LogP contribution in [0, 0.1) is 17.8 Å². The molecule has 1 N–H and O–H groups in total. The van der Waals surface area contributed by atoms with Crippen molar-refractivity contribution in [2.75, 3.05) is 13.1 Å². The van der Waals surface area contributed by atoms with Crippen LogP contribution in [0.5, 0.6) is 0 Å². The fourth-order valence-electron chi connectivity index (χ4n) is 4.82. The Bertz CT molecular complexity index is 618. The summed E-state index contributed by atoms with van der Waals surface area (Å²) in [6.07, 6.45) is 7.91. The van der Waals surface area contributed by atoms with E-state index in [-0.39, 0.29) is 17.7 Å². The summed E-state index contributed by atoms with van der Waals surface area (Å²) >= 11 is 0. The summed E-state index contributed by atoms with van der Waals surface area (Å²) in [5, 5.41) is 2.98. The number of carbonyl (C=O) groups is 2. The second-order valence-electron chi connectivity index (χ2n) is 7.55. The molecule has 5 heteroatoms. The maximum Gasteiger partial charge on any atom is 0.225 e. The highest BCUT2D eigenvalue weighted by atomic mass is 16.2. The van der Waals surface area contributed by atoms with E-state index in [1.165, 1.54) is 19.3 Å². The third-order valence-electron chi connectivity index (χ3n) is 6.04. The second-order valence-corrected chi connectivity index (χ2v) is 7.55. The summed E-state index contributed by atoms with van der Waals surface area (Å²) in [4.78, 5) is 31.1. The highest BCUT2D eigenvalue weighted by Crippen LogP contribution is 2.47. The first-order valence-corrected chi connectivity index (χ1v) is 9.18. The lowest BCUT2D eigenvalue weighted by atomic mass is 9.94. The van der Waals surface area contributed by atoms with E-state index in [0.29, 0.717) is 31.5 Å². The Morgan fingerprint density at radius 1 is 1.29 bits per heavy atom. The number of hydrogen-bond donors (Lipinski definition) is 1. The average molecular weight is 327 g/mol. The van der Waals surface area contributed by atoms with Crippen LogP contribution in [0.4, 0.5) is 0 Å². The fraction of sp³-hybridized carbons (Fsp3) is 0.632. The molecule has 4 rings (SSSR count). The molecular weight excluding hydrogens is 302 g/mol. The predicted octanol–water partition coefficient (Wildman–Crippen LogP) is 1.78. The van der Waals surface area contributed by atoms with Crippen LogP contribution in [-0.2, 0) is 16.0 Å². The molecule has 5 nitrogen and oxygen atoms in total. The van der Waals surface area contributed by atoms with Crippen molar-refractivity contribution >= 4 is 11.8 Å². The monoisotopic (exact) mass is 327 g/mol. The molecule has 0 aromatic carbocycles. The topological polar surface area (TPSA) is 62.3 Å². The van der Waals surface area contributed by atoms with Crippen molar-refractivity contribution in [3.63, 3.8) is 0 Å². The van der Waals surface area contributed by atoms with Crippen LogP contribution in [0.2, 0.25) is 0 Å². The highest BCUT2D eigenvalue weighted by molar-refractivity contribution is 5.89. The smallest absolute Gasteiger partial charge is 0.225 e. The minimum atomic E-state index is -0.180. The zero-order chi connectivity index (χ0) is 16.5. The molecule has 0 radical (unpaired) electrons. The minimum Gasteiger partial charge on any atom is -0.355 e. The van der Waals surface area contributed by atoms with Gasteiger partial charge in [0, 0.05) is 43.9 Å². The van der Waals surface area contributed by atoms with Crippen molar-refractivity contribution in [2.24, 2.45) is 17.8 Å². The molecule has 24 heavy (non-hydrogen) atoms. The first-order chi connectivity index (χ1) is 11.7. The van der Waals surface area contributed by atoms with E-state index in [1.807, 2.05) is 23.1 Å². The van der Waals surface area contributed by atoms with E-state index in [1.54, 1.807) is 6.20 Å². The van der Waals surface area contributed by atoms with Crippen LogP contribution in [0.1, 0.15) is 37.8 Å². The third-order valence-corrected chi connectivity index (χ3v) is 6.04. The van der Waals surface area contributed by atoms with Crippen LogP contribution in [0.15, 0.2) is 24.4 Å². The molecule has 2 bridgehead atoms. The van der Waals surface area contributed by atoms with E-state index in [4.69, 9.17) is 0 Å². The lowest BCUT2D eigenvalue weighted by Gasteiger charge is -2.31. The van der Waals surface area contributed by atoms with Gasteiger partial charge in [0.05, 0.1) is 5.92 Å². The number of carbonyl (C=O) groups excluding carboxylic acids is 2. The molecule has 128 valence electrons. The Balaban J connectivity index is 1.27. The van der Waals surface area contributed by atoms with Crippen LogP contribution < -0.4 is 5.32 Å². The third kappa shape index (κ3) is 3.04. The molecule has 2 aliphatic carbocycles. The van der Waals surface area contributed by atoms with Crippen molar-refractivity contribution in [3.05, 3.63) is 30.1 Å². The zero-order valence-corrected chi connectivity index (χ0v) is 14.0. The minimum absolute atomic E-state index is 0.0185. The van der Waals surface area contributed by atoms with Gasteiger partial charge in [0.25, 0.3) is 0 Å². The maximum absolute atomic E-state index is 12.4. The molecule has 0 spiro atoms. The number of rotatable bonds is 5. The van der Waals surface area contributed by atoms with Crippen LogP contribution in [0.25, 0.3) is 0 Å². The van der Waals surface area contributed by atoms with E-state index < -0.39 is 0 Å². The van der Waals surface area contributed by atoms with Crippen LogP contribution in [-0.4, -0.2) is 40.8 Å². The Morgan fingerprint density at radius 2 is 2.21 bits per heavy atom. The first-order valence-electron chi connectivity index (χ1n) is 9.18. The lowest BCUT2D eigenvalue weighted by molar-refractivity contribution is -0.131. The van der Waals surface area contributed by atoms with Gasteiger partial charge in [0.2, 0.25) is 11.8 Å². The molecule has 3 aliphatic rings. The number of amides is 2. The maximum atomic E-state index is 12.4. The first kappa shape index (κ1) is 15.6. The van der Waals surface area contributed by atoms with Crippen LogP contribution in [0.3, 0.4) is 0 Å². The van der Waals surface area contributed by atoms with E-state index in [9.17, 15) is 9.59 Å². The number of pyridine rings is 1. The van der Waals surface area contributed by atoms with Gasteiger partial charge >= 0.3 is 0 Å². The quantitative estimate of drug-likeness (QED) is 0.897. The lowest BCUT2D eigenvalue weighted by Crippen LogP contribution is -2.41. The number of hydrogen-bond acceptors (Lipinski definition) is 3. The summed E-state index contributed by atoms with van der Waals surface area (Å²) in [7, 11) is 0. The van der Waals surface area contributed by atoms with Crippen LogP contribution >= 0.6 is 0 Å². The molecule has 3 fully saturated rings. The molecule has 1 saturated heterocycles. The SMILES string of the molecule is O=C(NCCc1ccccn1)C1CC(=O)N(C2CC3CCC2C3)C1. The Labute approximate surface area is 142 Å². The van der Waals surface area contributed by atoms with Gasteiger partial charge in [-0.1, -0.05) is 12.5 Å². The normalized spacial score (nSPS) is 31.7. The van der Waals surface area contributed by atoms with Crippen molar-refractivity contribution in [2.45, 2.75) is 44.6 Å². The molecule has 2 saturated carbocycles. The fourth-order valence-corrected chi connectivity index (χ4v) is 4.82. The molecule has 1 aliphatic heterocycles. The van der Waals surface area contributed by atoms with E-state index in [2.05, 4.69) is 10.3 Å². The zero-order valence-electron chi connectivity index (χ0n) is 14.0. The molecule has 4 unspecified atom stereocenters. The van der Waals surface area contributed by atoms with Gasteiger partial charge in [-0.05, 0) is 43.2 Å². The van der Waals surface area contributed by atoms with Gasteiger partial charge in [-0.15, -0.1) is 0 Å². The summed E-state index contributed by atoms with van der Waals surface area (Å²) < 4.78 is 0. The number of nitrogens with zero attached hydrogens (tertiary/aromatic N) is 2. The van der Waals surface area contributed by atoms with Gasteiger partial charge in [0.15, 0.2) is 0 Å². The molecular formula is C19H25N3O2. The number of aromatic nitrogens is 1. The summed E-state index contributed by atoms with van der Waals surface area (Å²) in [5.74, 6) is 1.52. The van der Waals surface area contributed by atoms with E-state index in [0.717, 1.165) is 24.5 Å². The van der Waals surface area contributed by atoms with Gasteiger partial charge in [-0.2, -0.15) is 0 Å². The van der Waals surface area contributed by atoms with Crippen molar-refractivity contribution in [1.82, 2.24) is 15.2 Å². The summed E-state index contributed by atoms with van der Waals surface area (Å²) in [6.45, 7) is 1.19. The average Bonchev–Trinajstić information content (AvgIpc) is 3.30. The molecule has 2 amide bonds. The number of likely N-dealkylation sites (tertiary alicyclic amines) is 1. The van der Waals surface area contributed by atoms with Crippen molar-refractivity contribution in [1.29, 1.82) is 0 Å². The van der Waals surface area contributed by atoms with E-state index >= 15 is 0 Å². The molecule has 1 aromatic heterocycles. The highest BCUT2D eigenvalue weighted by Gasteiger charge is 2.47. The second kappa shape index (κ2) is 6.54. The van der Waals surface area contributed by atoms with Crippen molar-refractivity contribution < 1.29 is 9.59 Å². The molecule has 1 aromatic rings. The van der Waals surface area contributed by atoms with Gasteiger partial charge in [-0.3, -0.25) is 14.6 Å². The largest absolute Gasteiger partial charge is 0.355 e. The number of nitrogens with one attached hydrogen (secondary N) is 1. The van der Waals surface area contributed by atoms with Gasteiger partial charge in [-0.25, -0.2) is 0 Å². The van der Waals surface area contributed by atoms with Gasteiger partial charge in [0.1, 0.15) is 0 Å². The molecule has 2 heterocycles. The Hall–Kier alpha value is -1.91. The summed E-state index contributed by atoms with van der Waals surface area (Å²) in [6, 6.07) is 6.20. The Kier molecular flexibility index (Phi) is 4.25. The standard InChI is InChI=1S/C19H25N3O2/c23-18-11-15(12-22(18)17-10-13-4-5-14(17)9-13)19(24)21-8-6-16-3-1-2-7-20-16/h1-3,7,13-15,17H,4-6,8-12H2,(H,21,24). The summed E-state index contributed by atoms with van der Waals surface area (Å²) in [5.41, 5.74) is 0.976. The molecule has 4 atom stereocenters. The number of fused-ring (bicyclic) bond motifs is 2. The van der Waals surface area contributed by atoms with Gasteiger partial charge < -0.3 is 10.2 Å². The Morgan fingerprint density at radius 3 is 2.92 bits per heavy atom. The predicted molar refractivity (Wildman–Crippen MR) is 90.0 cm³/mol. The van der Waals surface area contributed by atoms with Crippen molar-refractivity contribution in [3.8, 4) is 0 Å².